The van der Waals surface area contributed by atoms with E-state index in [0.717, 1.165) is 25.0 Å². The maximum absolute atomic E-state index is 12.9. The van der Waals surface area contributed by atoms with Gasteiger partial charge in [0.1, 0.15) is 0 Å². The van der Waals surface area contributed by atoms with E-state index >= 15 is 0 Å². The maximum Gasteiger partial charge on any atom is 0.416 e. The lowest BCUT2D eigenvalue weighted by Crippen LogP contribution is -2.32. The van der Waals surface area contributed by atoms with Gasteiger partial charge in [-0.05, 0) is 55.2 Å². The van der Waals surface area contributed by atoms with Crippen molar-refractivity contribution in [2.75, 3.05) is 0 Å². The van der Waals surface area contributed by atoms with Gasteiger partial charge in [-0.2, -0.15) is 13.2 Å². The SMILES string of the molecule is CC(CCc1ccccc1)NC(=O)c1ccc(-c2cccc(C(F)(F)F)c2)s1. The van der Waals surface area contributed by atoms with Crippen molar-refractivity contribution >= 4 is 17.2 Å². The lowest BCUT2D eigenvalue weighted by Gasteiger charge is -2.13. The first-order valence-corrected chi connectivity index (χ1v) is 9.77. The fourth-order valence-corrected chi connectivity index (χ4v) is 3.76. The molecule has 1 N–H and O–H groups in total. The van der Waals surface area contributed by atoms with Gasteiger partial charge in [-0.1, -0.05) is 42.5 Å². The van der Waals surface area contributed by atoms with Crippen LogP contribution >= 0.6 is 11.3 Å². The summed E-state index contributed by atoms with van der Waals surface area (Å²) in [7, 11) is 0. The minimum atomic E-state index is -4.39. The van der Waals surface area contributed by atoms with Crippen molar-refractivity contribution in [1.82, 2.24) is 5.32 Å². The topological polar surface area (TPSA) is 29.1 Å². The molecule has 1 heterocycles. The second-order valence-corrected chi connectivity index (χ2v) is 7.73. The standard InChI is InChI=1S/C22H20F3NOS/c1-15(10-11-16-6-3-2-4-7-16)26-21(27)20-13-12-19(28-20)17-8-5-9-18(14-17)22(23,24)25/h2-9,12-15H,10-11H2,1H3,(H,26,27). The largest absolute Gasteiger partial charge is 0.416 e. The molecule has 3 rings (SSSR count). The number of benzene rings is 2. The Bertz CT molecular complexity index is 934. The number of nitrogens with one attached hydrogen (secondary N) is 1. The van der Waals surface area contributed by atoms with E-state index in [-0.39, 0.29) is 11.9 Å². The van der Waals surface area contributed by atoms with Crippen molar-refractivity contribution in [2.45, 2.75) is 32.0 Å². The highest BCUT2D eigenvalue weighted by Gasteiger charge is 2.30. The summed E-state index contributed by atoms with van der Waals surface area (Å²) in [4.78, 5) is 13.6. The highest BCUT2D eigenvalue weighted by Crippen LogP contribution is 2.34. The van der Waals surface area contributed by atoms with E-state index in [0.29, 0.717) is 15.3 Å². The Kier molecular flexibility index (Phi) is 6.19. The predicted molar refractivity (Wildman–Crippen MR) is 106 cm³/mol. The second-order valence-electron chi connectivity index (χ2n) is 6.64. The third-order valence-electron chi connectivity index (χ3n) is 4.39. The Hall–Kier alpha value is -2.60. The summed E-state index contributed by atoms with van der Waals surface area (Å²) in [5, 5.41) is 2.96. The molecule has 0 spiro atoms. The van der Waals surface area contributed by atoms with Crippen LogP contribution in [-0.4, -0.2) is 11.9 Å². The summed E-state index contributed by atoms with van der Waals surface area (Å²) in [5.74, 6) is -0.205. The molecule has 2 nitrogen and oxygen atoms in total. The Balaban J connectivity index is 1.62. The fourth-order valence-electron chi connectivity index (χ4n) is 2.86. The highest BCUT2D eigenvalue weighted by molar-refractivity contribution is 7.17. The molecule has 0 radical (unpaired) electrons. The number of rotatable bonds is 6. The van der Waals surface area contributed by atoms with Crippen LogP contribution in [0.25, 0.3) is 10.4 Å². The van der Waals surface area contributed by atoms with Gasteiger partial charge in [-0.3, -0.25) is 4.79 Å². The number of hydrogen-bond donors (Lipinski definition) is 1. The normalized spacial score (nSPS) is 12.6. The van der Waals surface area contributed by atoms with E-state index in [4.69, 9.17) is 0 Å². The molecule has 0 saturated heterocycles. The smallest absolute Gasteiger partial charge is 0.349 e. The van der Waals surface area contributed by atoms with E-state index in [2.05, 4.69) is 17.4 Å². The number of aryl methyl sites for hydroxylation is 1. The maximum atomic E-state index is 12.9. The van der Waals surface area contributed by atoms with Gasteiger partial charge in [0.2, 0.25) is 0 Å². The number of hydrogen-bond acceptors (Lipinski definition) is 2. The average molecular weight is 403 g/mol. The van der Waals surface area contributed by atoms with Gasteiger partial charge in [0.05, 0.1) is 10.4 Å². The van der Waals surface area contributed by atoms with Gasteiger partial charge in [0.15, 0.2) is 0 Å². The molecular formula is C22H20F3NOS. The minimum absolute atomic E-state index is 0.00758. The Morgan fingerprint density at radius 1 is 1.04 bits per heavy atom. The van der Waals surface area contributed by atoms with E-state index in [1.54, 1.807) is 18.2 Å². The van der Waals surface area contributed by atoms with Gasteiger partial charge in [0.25, 0.3) is 5.91 Å². The van der Waals surface area contributed by atoms with Crippen LogP contribution in [0.2, 0.25) is 0 Å². The Labute approximate surface area is 166 Å². The number of halogens is 3. The monoisotopic (exact) mass is 403 g/mol. The minimum Gasteiger partial charge on any atom is -0.349 e. The van der Waals surface area contributed by atoms with Crippen LogP contribution in [-0.2, 0) is 12.6 Å². The van der Waals surface area contributed by atoms with Crippen LogP contribution in [0.3, 0.4) is 0 Å². The lowest BCUT2D eigenvalue weighted by molar-refractivity contribution is -0.137. The van der Waals surface area contributed by atoms with Gasteiger partial charge >= 0.3 is 6.18 Å². The van der Waals surface area contributed by atoms with E-state index in [1.807, 2.05) is 25.1 Å². The second kappa shape index (κ2) is 8.61. The predicted octanol–water partition coefficient (Wildman–Crippen LogP) is 6.19. The van der Waals surface area contributed by atoms with Crippen LogP contribution in [0.4, 0.5) is 13.2 Å². The Morgan fingerprint density at radius 3 is 2.50 bits per heavy atom. The van der Waals surface area contributed by atoms with Crippen molar-refractivity contribution in [1.29, 1.82) is 0 Å². The fraction of sp³-hybridized carbons (Fsp3) is 0.227. The Morgan fingerprint density at radius 2 is 1.79 bits per heavy atom. The van der Waals surface area contributed by atoms with Crippen molar-refractivity contribution in [2.24, 2.45) is 0 Å². The molecule has 1 aromatic heterocycles. The lowest BCUT2D eigenvalue weighted by atomic mass is 10.1. The zero-order chi connectivity index (χ0) is 20.1. The third kappa shape index (κ3) is 5.23. The van der Waals surface area contributed by atoms with Crippen molar-refractivity contribution in [3.8, 4) is 10.4 Å². The molecule has 6 heteroatoms. The first-order chi connectivity index (χ1) is 13.3. The number of carbonyl (C=O) groups is 1. The molecule has 0 fully saturated rings. The summed E-state index contributed by atoms with van der Waals surface area (Å²) in [6.45, 7) is 1.95. The van der Waals surface area contributed by atoms with Crippen molar-refractivity contribution < 1.29 is 18.0 Å². The van der Waals surface area contributed by atoms with E-state index in [1.165, 1.54) is 23.0 Å². The number of alkyl halides is 3. The van der Waals surface area contributed by atoms with Gasteiger partial charge in [-0.25, -0.2) is 0 Å². The highest BCUT2D eigenvalue weighted by atomic mass is 32.1. The molecule has 1 unspecified atom stereocenters. The summed E-state index contributed by atoms with van der Waals surface area (Å²) < 4.78 is 38.7. The molecule has 2 aromatic carbocycles. The summed E-state index contributed by atoms with van der Waals surface area (Å²) >= 11 is 1.19. The molecule has 28 heavy (non-hydrogen) atoms. The van der Waals surface area contributed by atoms with Crippen LogP contribution in [0.5, 0.6) is 0 Å². The molecule has 146 valence electrons. The molecule has 0 aliphatic heterocycles. The molecule has 0 saturated carbocycles. The average Bonchev–Trinajstić information content (AvgIpc) is 3.17. The van der Waals surface area contributed by atoms with E-state index in [9.17, 15) is 18.0 Å². The van der Waals surface area contributed by atoms with Crippen molar-refractivity contribution in [3.05, 3.63) is 82.7 Å². The molecule has 1 atom stereocenters. The number of amides is 1. The van der Waals surface area contributed by atoms with Crippen LogP contribution < -0.4 is 5.32 Å². The molecule has 0 aliphatic rings. The molecule has 1 amide bonds. The summed E-state index contributed by atoms with van der Waals surface area (Å²) in [6, 6.07) is 18.5. The zero-order valence-electron chi connectivity index (χ0n) is 15.3. The van der Waals surface area contributed by atoms with Gasteiger partial charge in [0, 0.05) is 10.9 Å². The molecular weight excluding hydrogens is 383 g/mol. The quantitative estimate of drug-likeness (QED) is 0.523. The van der Waals surface area contributed by atoms with Crippen LogP contribution in [0, 0.1) is 0 Å². The number of thiophene rings is 1. The summed E-state index contributed by atoms with van der Waals surface area (Å²) in [6.07, 6.45) is -2.72. The molecule has 0 bridgehead atoms. The summed E-state index contributed by atoms with van der Waals surface area (Å²) in [5.41, 5.74) is 0.974. The zero-order valence-corrected chi connectivity index (χ0v) is 16.1. The molecule has 3 aromatic rings. The first-order valence-electron chi connectivity index (χ1n) is 8.95. The van der Waals surface area contributed by atoms with Gasteiger partial charge in [-0.15, -0.1) is 11.3 Å². The molecule has 0 aliphatic carbocycles. The van der Waals surface area contributed by atoms with Crippen LogP contribution in [0.1, 0.15) is 34.1 Å². The number of carbonyl (C=O) groups excluding carboxylic acids is 1. The van der Waals surface area contributed by atoms with E-state index < -0.39 is 11.7 Å². The van der Waals surface area contributed by atoms with Crippen molar-refractivity contribution in [3.63, 3.8) is 0 Å². The third-order valence-corrected chi connectivity index (χ3v) is 5.52. The first kappa shape index (κ1) is 20.1. The van der Waals surface area contributed by atoms with Gasteiger partial charge < -0.3 is 5.32 Å². The van der Waals surface area contributed by atoms with Crippen LogP contribution in [0.15, 0.2) is 66.7 Å².